The number of halogens is 2. The van der Waals surface area contributed by atoms with E-state index < -0.39 is 5.82 Å². The zero-order valence-electron chi connectivity index (χ0n) is 13.5. The van der Waals surface area contributed by atoms with Gasteiger partial charge in [0.05, 0.1) is 12.2 Å². The van der Waals surface area contributed by atoms with Gasteiger partial charge in [-0.15, -0.1) is 0 Å². The highest BCUT2D eigenvalue weighted by atomic mass is 79.9. The number of hydrogen-bond donors (Lipinski definition) is 1. The maximum atomic E-state index is 13.7. The standard InChI is InChI=1S/C18H20BrFN2O/c1-12-4-5-14(13(2)8-12)10-22(3)11-18(23)21-17-7-6-15(19)9-16(17)20/h4-9H,10-11H2,1-3H3,(H,21,23). The van der Waals surface area contributed by atoms with E-state index in [0.717, 1.165) is 0 Å². The molecule has 0 heterocycles. The number of anilines is 1. The normalized spacial score (nSPS) is 10.9. The molecular formula is C18H20BrFN2O. The van der Waals surface area contributed by atoms with Gasteiger partial charge in [-0.3, -0.25) is 9.69 Å². The highest BCUT2D eigenvalue weighted by Crippen LogP contribution is 2.19. The number of carbonyl (C=O) groups excluding carboxylic acids is 1. The SMILES string of the molecule is Cc1ccc(CN(C)CC(=O)Nc2ccc(Br)cc2F)c(C)c1. The monoisotopic (exact) mass is 378 g/mol. The third-order valence-corrected chi connectivity index (χ3v) is 4.05. The number of amides is 1. The van der Waals surface area contributed by atoms with E-state index in [1.165, 1.54) is 22.8 Å². The van der Waals surface area contributed by atoms with Crippen molar-refractivity contribution >= 4 is 27.5 Å². The minimum atomic E-state index is -0.454. The first-order valence-corrected chi connectivity index (χ1v) is 8.14. The second-order valence-corrected chi connectivity index (χ2v) is 6.69. The van der Waals surface area contributed by atoms with Crippen molar-refractivity contribution in [1.82, 2.24) is 4.90 Å². The van der Waals surface area contributed by atoms with Gasteiger partial charge in [0.1, 0.15) is 5.82 Å². The molecule has 0 aliphatic carbocycles. The maximum absolute atomic E-state index is 13.7. The Morgan fingerprint density at radius 2 is 1.96 bits per heavy atom. The van der Waals surface area contributed by atoms with E-state index in [9.17, 15) is 9.18 Å². The van der Waals surface area contributed by atoms with Crippen molar-refractivity contribution in [3.8, 4) is 0 Å². The Morgan fingerprint density at radius 1 is 1.22 bits per heavy atom. The molecule has 0 saturated carbocycles. The van der Waals surface area contributed by atoms with E-state index >= 15 is 0 Å². The lowest BCUT2D eigenvalue weighted by Gasteiger charge is -2.18. The van der Waals surface area contributed by atoms with Crippen molar-refractivity contribution in [3.05, 3.63) is 63.4 Å². The predicted molar refractivity (Wildman–Crippen MR) is 95.0 cm³/mol. The van der Waals surface area contributed by atoms with Crippen molar-refractivity contribution in [2.45, 2.75) is 20.4 Å². The number of aryl methyl sites for hydroxylation is 2. The molecule has 1 amide bonds. The molecule has 2 aromatic rings. The average molecular weight is 379 g/mol. The first kappa shape index (κ1) is 17.6. The second-order valence-electron chi connectivity index (χ2n) is 5.77. The molecule has 1 N–H and O–H groups in total. The van der Waals surface area contributed by atoms with Gasteiger partial charge in [0, 0.05) is 11.0 Å². The molecule has 2 aromatic carbocycles. The molecular weight excluding hydrogens is 359 g/mol. The molecule has 23 heavy (non-hydrogen) atoms. The van der Waals surface area contributed by atoms with Gasteiger partial charge in [0.25, 0.3) is 0 Å². The van der Waals surface area contributed by atoms with Gasteiger partial charge in [-0.05, 0) is 50.2 Å². The van der Waals surface area contributed by atoms with Crippen molar-refractivity contribution in [2.75, 3.05) is 18.9 Å². The summed E-state index contributed by atoms with van der Waals surface area (Å²) in [6.45, 7) is 4.99. The quantitative estimate of drug-likeness (QED) is 0.841. The summed E-state index contributed by atoms with van der Waals surface area (Å²) in [6.07, 6.45) is 0. The number of nitrogens with zero attached hydrogens (tertiary/aromatic N) is 1. The van der Waals surface area contributed by atoms with E-state index in [1.807, 2.05) is 11.9 Å². The summed E-state index contributed by atoms with van der Waals surface area (Å²) in [6, 6.07) is 10.8. The highest BCUT2D eigenvalue weighted by Gasteiger charge is 2.11. The van der Waals surface area contributed by atoms with Crippen LogP contribution >= 0.6 is 15.9 Å². The molecule has 0 aliphatic rings. The molecule has 3 nitrogen and oxygen atoms in total. The van der Waals surface area contributed by atoms with Crippen molar-refractivity contribution in [1.29, 1.82) is 0 Å². The molecule has 0 aromatic heterocycles. The van der Waals surface area contributed by atoms with Crippen molar-refractivity contribution < 1.29 is 9.18 Å². The van der Waals surface area contributed by atoms with Crippen LogP contribution in [-0.4, -0.2) is 24.4 Å². The Morgan fingerprint density at radius 3 is 2.61 bits per heavy atom. The Bertz CT molecular complexity index is 718. The van der Waals surface area contributed by atoms with Crippen LogP contribution in [0.25, 0.3) is 0 Å². The van der Waals surface area contributed by atoms with Crippen LogP contribution < -0.4 is 5.32 Å². The molecule has 5 heteroatoms. The molecule has 0 spiro atoms. The molecule has 2 rings (SSSR count). The second kappa shape index (κ2) is 7.70. The first-order valence-electron chi connectivity index (χ1n) is 7.34. The van der Waals surface area contributed by atoms with Crippen LogP contribution in [0.4, 0.5) is 10.1 Å². The van der Waals surface area contributed by atoms with E-state index in [2.05, 4.69) is 53.3 Å². The van der Waals surface area contributed by atoms with Gasteiger partial charge in [0.15, 0.2) is 0 Å². The van der Waals surface area contributed by atoms with Crippen LogP contribution in [0.1, 0.15) is 16.7 Å². The van der Waals surface area contributed by atoms with Gasteiger partial charge >= 0.3 is 0 Å². The van der Waals surface area contributed by atoms with Crippen LogP contribution in [0, 0.1) is 19.7 Å². The number of carbonyl (C=O) groups is 1. The van der Waals surface area contributed by atoms with Crippen LogP contribution in [0.3, 0.4) is 0 Å². The summed E-state index contributed by atoms with van der Waals surface area (Å²) >= 11 is 3.19. The summed E-state index contributed by atoms with van der Waals surface area (Å²) in [5.41, 5.74) is 3.80. The average Bonchev–Trinajstić information content (AvgIpc) is 2.45. The van der Waals surface area contributed by atoms with Gasteiger partial charge in [-0.2, -0.15) is 0 Å². The van der Waals surface area contributed by atoms with E-state index in [-0.39, 0.29) is 18.1 Å². The highest BCUT2D eigenvalue weighted by molar-refractivity contribution is 9.10. The Kier molecular flexibility index (Phi) is 5.91. The minimum absolute atomic E-state index is 0.193. The number of likely N-dealkylation sites (N-methyl/N-ethyl adjacent to an activating group) is 1. The number of rotatable bonds is 5. The van der Waals surface area contributed by atoms with E-state index in [4.69, 9.17) is 0 Å². The zero-order valence-corrected chi connectivity index (χ0v) is 15.1. The minimum Gasteiger partial charge on any atom is -0.322 e. The summed E-state index contributed by atoms with van der Waals surface area (Å²) in [5, 5.41) is 2.60. The molecule has 0 atom stereocenters. The molecule has 122 valence electrons. The zero-order chi connectivity index (χ0) is 17.0. The smallest absolute Gasteiger partial charge is 0.238 e. The fraction of sp³-hybridized carbons (Fsp3) is 0.278. The number of hydrogen-bond acceptors (Lipinski definition) is 2. The van der Waals surface area contributed by atoms with Gasteiger partial charge in [-0.1, -0.05) is 39.7 Å². The van der Waals surface area contributed by atoms with Gasteiger partial charge < -0.3 is 5.32 Å². The lowest BCUT2D eigenvalue weighted by molar-refractivity contribution is -0.117. The van der Waals surface area contributed by atoms with Gasteiger partial charge in [0.2, 0.25) is 5.91 Å². The van der Waals surface area contributed by atoms with Crippen LogP contribution in [0.2, 0.25) is 0 Å². The fourth-order valence-electron chi connectivity index (χ4n) is 2.40. The summed E-state index contributed by atoms with van der Waals surface area (Å²) in [7, 11) is 1.87. The van der Waals surface area contributed by atoms with Crippen LogP contribution in [0.15, 0.2) is 40.9 Å². The lowest BCUT2D eigenvalue weighted by Crippen LogP contribution is -2.30. The maximum Gasteiger partial charge on any atom is 0.238 e. The van der Waals surface area contributed by atoms with Crippen molar-refractivity contribution in [3.63, 3.8) is 0 Å². The predicted octanol–water partition coefficient (Wildman–Crippen LogP) is 4.28. The number of nitrogens with one attached hydrogen (secondary N) is 1. The topological polar surface area (TPSA) is 32.3 Å². The number of benzene rings is 2. The summed E-state index contributed by atoms with van der Waals surface area (Å²) < 4.78 is 14.4. The molecule has 0 radical (unpaired) electrons. The molecule has 0 saturated heterocycles. The van der Waals surface area contributed by atoms with Crippen LogP contribution in [-0.2, 0) is 11.3 Å². The first-order chi connectivity index (χ1) is 10.8. The molecule has 0 fully saturated rings. The molecule has 0 unspecified atom stereocenters. The fourth-order valence-corrected chi connectivity index (χ4v) is 2.73. The van der Waals surface area contributed by atoms with E-state index in [1.54, 1.807) is 12.1 Å². The van der Waals surface area contributed by atoms with Crippen molar-refractivity contribution in [2.24, 2.45) is 0 Å². The third kappa shape index (κ3) is 5.15. The van der Waals surface area contributed by atoms with Crippen LogP contribution in [0.5, 0.6) is 0 Å². The Labute approximate surface area is 144 Å². The largest absolute Gasteiger partial charge is 0.322 e. The summed E-state index contributed by atoms with van der Waals surface area (Å²) in [5.74, 6) is -0.691. The van der Waals surface area contributed by atoms with E-state index in [0.29, 0.717) is 11.0 Å². The lowest BCUT2D eigenvalue weighted by atomic mass is 10.1. The van der Waals surface area contributed by atoms with Gasteiger partial charge in [-0.25, -0.2) is 4.39 Å². The Hall–Kier alpha value is -1.72. The Balaban J connectivity index is 1.94. The molecule has 0 aliphatic heterocycles. The summed E-state index contributed by atoms with van der Waals surface area (Å²) in [4.78, 5) is 14.0. The third-order valence-electron chi connectivity index (χ3n) is 3.56. The molecule has 0 bridgehead atoms.